The number of nitrogens with one attached hydrogen (secondary N) is 1. The van der Waals surface area contributed by atoms with Gasteiger partial charge in [0.1, 0.15) is 0 Å². The Morgan fingerprint density at radius 2 is 2.25 bits per heavy atom. The molecule has 1 heterocycles. The summed E-state index contributed by atoms with van der Waals surface area (Å²) in [5.41, 5.74) is 3.14. The van der Waals surface area contributed by atoms with Crippen molar-refractivity contribution < 1.29 is 14.4 Å². The average Bonchev–Trinajstić information content (AvgIpc) is 3.07. The lowest BCUT2D eigenvalue weighted by molar-refractivity contribution is -0.386. The first kappa shape index (κ1) is 17.7. The first-order valence-electron chi connectivity index (χ1n) is 7.42. The van der Waals surface area contributed by atoms with Crippen molar-refractivity contribution in [2.45, 2.75) is 20.3 Å². The summed E-state index contributed by atoms with van der Waals surface area (Å²) in [4.78, 5) is 14.9. The molecule has 8 nitrogen and oxygen atoms in total. The number of aromatic nitrogens is 1. The molecule has 0 fully saturated rings. The van der Waals surface area contributed by atoms with Crippen molar-refractivity contribution in [1.29, 1.82) is 0 Å². The highest BCUT2D eigenvalue weighted by Crippen LogP contribution is 2.38. The maximum atomic E-state index is 11.4. The summed E-state index contributed by atoms with van der Waals surface area (Å²) < 4.78 is 11.0. The van der Waals surface area contributed by atoms with Crippen LogP contribution in [0, 0.1) is 10.1 Å². The molecule has 0 aliphatic carbocycles. The van der Waals surface area contributed by atoms with E-state index in [1.807, 2.05) is 12.3 Å². The van der Waals surface area contributed by atoms with Crippen LogP contribution in [-0.4, -0.2) is 29.3 Å². The summed E-state index contributed by atoms with van der Waals surface area (Å²) in [7, 11) is 0. The molecule has 0 saturated heterocycles. The maximum Gasteiger partial charge on any atom is 0.315 e. The zero-order valence-electron chi connectivity index (χ0n) is 13.4. The van der Waals surface area contributed by atoms with Gasteiger partial charge in [0.05, 0.1) is 24.4 Å². The highest BCUT2D eigenvalue weighted by Gasteiger charge is 2.22. The third kappa shape index (κ3) is 4.66. The van der Waals surface area contributed by atoms with Gasteiger partial charge in [0, 0.05) is 23.2 Å². The Hall–Kier alpha value is -2.68. The zero-order valence-corrected chi connectivity index (χ0v) is 14.2. The number of hydrogen-bond acceptors (Lipinski definition) is 8. The van der Waals surface area contributed by atoms with Crippen molar-refractivity contribution >= 4 is 28.4 Å². The predicted molar refractivity (Wildman–Crippen MR) is 93.4 cm³/mol. The minimum atomic E-state index is -0.487. The van der Waals surface area contributed by atoms with Gasteiger partial charge in [-0.2, -0.15) is 5.10 Å². The minimum absolute atomic E-state index is 0.147. The number of ether oxygens (including phenoxy) is 2. The van der Waals surface area contributed by atoms with Crippen molar-refractivity contribution in [1.82, 2.24) is 4.98 Å². The van der Waals surface area contributed by atoms with Crippen LogP contribution in [0.4, 0.5) is 10.8 Å². The summed E-state index contributed by atoms with van der Waals surface area (Å²) in [5, 5.41) is 17.8. The van der Waals surface area contributed by atoms with Gasteiger partial charge in [-0.15, -0.1) is 11.3 Å². The molecule has 0 amide bonds. The maximum absolute atomic E-state index is 11.4. The quantitative estimate of drug-likeness (QED) is 0.421. The van der Waals surface area contributed by atoms with Gasteiger partial charge in [0.25, 0.3) is 0 Å². The molecule has 0 atom stereocenters. The fraction of sp³-hybridized carbons (Fsp3) is 0.333. The van der Waals surface area contributed by atoms with Gasteiger partial charge in [-0.25, -0.2) is 4.98 Å². The van der Waals surface area contributed by atoms with E-state index in [1.54, 1.807) is 19.2 Å². The Kier molecular flexibility index (Phi) is 6.50. The van der Waals surface area contributed by atoms with E-state index in [-0.39, 0.29) is 11.4 Å². The molecular weight excluding hydrogens is 332 g/mol. The fourth-order valence-electron chi connectivity index (χ4n) is 1.87. The van der Waals surface area contributed by atoms with Crippen LogP contribution in [-0.2, 0) is 0 Å². The topological polar surface area (TPSA) is 98.9 Å². The van der Waals surface area contributed by atoms with Crippen molar-refractivity contribution in [3.63, 3.8) is 0 Å². The number of thiazole rings is 1. The zero-order chi connectivity index (χ0) is 17.4. The summed E-state index contributed by atoms with van der Waals surface area (Å²) in [5.74, 6) is 0.476. The Labute approximate surface area is 143 Å². The Morgan fingerprint density at radius 3 is 2.88 bits per heavy atom. The molecule has 0 unspecified atom stereocenters. The Balaban J connectivity index is 2.30. The summed E-state index contributed by atoms with van der Waals surface area (Å²) in [6, 6.07) is 3.06. The van der Waals surface area contributed by atoms with Crippen LogP contribution in [0.25, 0.3) is 0 Å². The molecule has 0 radical (unpaired) electrons. The fourth-order valence-corrected chi connectivity index (χ4v) is 2.35. The van der Waals surface area contributed by atoms with Crippen molar-refractivity contribution in [3.8, 4) is 11.5 Å². The molecule has 0 aliphatic rings. The van der Waals surface area contributed by atoms with Crippen molar-refractivity contribution in [2.75, 3.05) is 18.6 Å². The second kappa shape index (κ2) is 8.82. The normalized spacial score (nSPS) is 10.8. The van der Waals surface area contributed by atoms with E-state index in [0.717, 1.165) is 6.42 Å². The van der Waals surface area contributed by atoms with E-state index >= 15 is 0 Å². The lowest BCUT2D eigenvalue weighted by Crippen LogP contribution is -2.04. The highest BCUT2D eigenvalue weighted by molar-refractivity contribution is 7.13. The van der Waals surface area contributed by atoms with Gasteiger partial charge in [0.2, 0.25) is 10.9 Å². The van der Waals surface area contributed by atoms with Gasteiger partial charge in [0.15, 0.2) is 5.75 Å². The van der Waals surface area contributed by atoms with Crippen LogP contribution in [0.2, 0.25) is 0 Å². The van der Waals surface area contributed by atoms with Gasteiger partial charge in [-0.05, 0) is 19.4 Å². The number of nitro groups is 1. The van der Waals surface area contributed by atoms with Crippen LogP contribution in [0.15, 0.2) is 28.8 Å². The smallest absolute Gasteiger partial charge is 0.315 e. The van der Waals surface area contributed by atoms with Gasteiger partial charge >= 0.3 is 5.69 Å². The standard InChI is InChI=1S/C15H18N4O4S/c1-3-6-23-14-12(19(20)21)8-11(9-13(14)22-4-2)10-17-18-15-16-5-7-24-15/h5,7-10H,3-4,6H2,1-2H3,(H,16,18)/b17-10-. The highest BCUT2D eigenvalue weighted by atomic mass is 32.1. The number of nitrogens with zero attached hydrogens (tertiary/aromatic N) is 3. The lowest BCUT2D eigenvalue weighted by atomic mass is 10.2. The first-order chi connectivity index (χ1) is 11.7. The molecule has 1 aromatic carbocycles. The molecule has 1 aromatic heterocycles. The molecule has 1 N–H and O–H groups in total. The SMILES string of the molecule is CCCOc1c(OCC)cc(/C=N\Nc2nccs2)cc1[N+](=O)[O-]. The molecule has 0 saturated carbocycles. The van der Waals surface area contributed by atoms with Crippen LogP contribution in [0.3, 0.4) is 0 Å². The monoisotopic (exact) mass is 350 g/mol. The third-order valence-electron chi connectivity index (χ3n) is 2.81. The van der Waals surface area contributed by atoms with E-state index in [2.05, 4.69) is 15.5 Å². The number of hydrazone groups is 1. The second-order valence-electron chi connectivity index (χ2n) is 4.61. The molecule has 0 spiro atoms. The molecule has 0 aliphatic heterocycles. The number of anilines is 1. The van der Waals surface area contributed by atoms with Gasteiger partial charge < -0.3 is 9.47 Å². The second-order valence-corrected chi connectivity index (χ2v) is 5.51. The molecule has 2 rings (SSSR count). The van der Waals surface area contributed by atoms with Gasteiger partial charge in [-0.1, -0.05) is 6.92 Å². The number of nitro benzene ring substituents is 1. The minimum Gasteiger partial charge on any atom is -0.490 e. The van der Waals surface area contributed by atoms with E-state index < -0.39 is 4.92 Å². The van der Waals surface area contributed by atoms with Crippen molar-refractivity contribution in [3.05, 3.63) is 39.4 Å². The van der Waals surface area contributed by atoms with Crippen molar-refractivity contribution in [2.24, 2.45) is 5.10 Å². The largest absolute Gasteiger partial charge is 0.490 e. The third-order valence-corrected chi connectivity index (χ3v) is 3.49. The molecule has 24 heavy (non-hydrogen) atoms. The first-order valence-corrected chi connectivity index (χ1v) is 8.30. The molecular formula is C15H18N4O4S. The summed E-state index contributed by atoms with van der Waals surface area (Å²) in [6.07, 6.45) is 3.87. The van der Waals surface area contributed by atoms with Crippen LogP contribution >= 0.6 is 11.3 Å². The number of rotatable bonds is 9. The molecule has 2 aromatic rings. The number of benzene rings is 1. The van der Waals surface area contributed by atoms with Crippen LogP contribution < -0.4 is 14.9 Å². The summed E-state index contributed by atoms with van der Waals surface area (Å²) in [6.45, 7) is 4.48. The van der Waals surface area contributed by atoms with E-state index in [1.165, 1.54) is 23.6 Å². The van der Waals surface area contributed by atoms with Crippen LogP contribution in [0.1, 0.15) is 25.8 Å². The predicted octanol–water partition coefficient (Wildman–Crippen LogP) is 3.68. The number of hydrogen-bond donors (Lipinski definition) is 1. The molecule has 128 valence electrons. The Bertz CT molecular complexity index is 704. The average molecular weight is 350 g/mol. The van der Waals surface area contributed by atoms with E-state index in [9.17, 15) is 10.1 Å². The van der Waals surface area contributed by atoms with Gasteiger partial charge in [-0.3, -0.25) is 15.5 Å². The molecule has 0 bridgehead atoms. The molecule has 9 heteroatoms. The lowest BCUT2D eigenvalue weighted by Gasteiger charge is -2.12. The van der Waals surface area contributed by atoms with E-state index in [0.29, 0.717) is 29.7 Å². The summed E-state index contributed by atoms with van der Waals surface area (Å²) >= 11 is 1.40. The van der Waals surface area contributed by atoms with E-state index in [4.69, 9.17) is 9.47 Å². The Morgan fingerprint density at radius 1 is 1.42 bits per heavy atom. The van der Waals surface area contributed by atoms with Crippen LogP contribution in [0.5, 0.6) is 11.5 Å².